The van der Waals surface area contributed by atoms with Crippen LogP contribution >= 0.6 is 0 Å². The molecule has 212 valence electrons. The Morgan fingerprint density at radius 1 is 1.08 bits per heavy atom. The van der Waals surface area contributed by atoms with E-state index >= 15 is 0 Å². The standard InChI is InChI=1S/C29H36O10/c1-13(30)37-24-15-9-14-17(29(5,23(15)34)19(27(24,2)3)12-20(31)36-6)7-8-28(4)18(14)11-22(33)38-25(28)16-10-21(32)39-26(16)35/h9-10,15,17-19,21,24-25,32H,7-8,11-12H2,1-6H3/t15-,17+,18+,19+,21?,24-,25+,28-,29-/m1/s1. The fraction of sp³-hybridized carbons (Fsp3) is 0.690. The van der Waals surface area contributed by atoms with Crippen LogP contribution in [0.3, 0.4) is 0 Å². The van der Waals surface area contributed by atoms with E-state index in [0.29, 0.717) is 12.8 Å². The van der Waals surface area contributed by atoms with Crippen LogP contribution in [0, 0.1) is 39.9 Å². The van der Waals surface area contributed by atoms with Gasteiger partial charge in [-0.05, 0) is 36.7 Å². The van der Waals surface area contributed by atoms with Crippen LogP contribution in [0.25, 0.3) is 0 Å². The van der Waals surface area contributed by atoms with Crippen LogP contribution in [0.15, 0.2) is 23.3 Å². The highest BCUT2D eigenvalue weighted by Crippen LogP contribution is 2.67. The molecule has 0 amide bonds. The number of hydrogen-bond acceptors (Lipinski definition) is 10. The van der Waals surface area contributed by atoms with Gasteiger partial charge in [0.15, 0.2) is 0 Å². The minimum atomic E-state index is -1.40. The Labute approximate surface area is 227 Å². The first-order valence-electron chi connectivity index (χ1n) is 13.5. The lowest BCUT2D eigenvalue weighted by Crippen LogP contribution is -2.67. The lowest BCUT2D eigenvalue weighted by atomic mass is 9.40. The molecule has 0 radical (unpaired) electrons. The molecule has 2 aliphatic heterocycles. The number of allylic oxidation sites excluding steroid dienone is 1. The molecule has 10 heteroatoms. The van der Waals surface area contributed by atoms with Crippen LogP contribution in [-0.2, 0) is 42.9 Å². The highest BCUT2D eigenvalue weighted by molar-refractivity contribution is 5.94. The Hall–Kier alpha value is -3.01. The van der Waals surface area contributed by atoms with Crippen molar-refractivity contribution in [3.05, 3.63) is 23.3 Å². The molecule has 3 fully saturated rings. The molecule has 2 heterocycles. The summed E-state index contributed by atoms with van der Waals surface area (Å²) >= 11 is 0. The second-order valence-corrected chi connectivity index (χ2v) is 12.7. The molecule has 0 aromatic carbocycles. The van der Waals surface area contributed by atoms with Gasteiger partial charge in [0, 0.05) is 29.6 Å². The molecule has 0 aromatic heterocycles. The number of Topliss-reactive ketones (excluding diaryl/α,β-unsaturated/α-hetero) is 1. The summed E-state index contributed by atoms with van der Waals surface area (Å²) in [5.41, 5.74) is -1.42. The second-order valence-electron chi connectivity index (χ2n) is 12.7. The summed E-state index contributed by atoms with van der Waals surface area (Å²) in [6.07, 6.45) is 1.13. The zero-order valence-electron chi connectivity index (χ0n) is 23.1. The van der Waals surface area contributed by atoms with Gasteiger partial charge in [0.25, 0.3) is 0 Å². The van der Waals surface area contributed by atoms with E-state index in [1.807, 2.05) is 33.8 Å². The van der Waals surface area contributed by atoms with Crippen molar-refractivity contribution in [3.63, 3.8) is 0 Å². The van der Waals surface area contributed by atoms with E-state index in [-0.39, 0.29) is 36.0 Å². The average Bonchev–Trinajstić information content (AvgIpc) is 3.19. The van der Waals surface area contributed by atoms with Gasteiger partial charge in [0.1, 0.15) is 18.0 Å². The summed E-state index contributed by atoms with van der Waals surface area (Å²) in [5.74, 6) is -4.19. The zero-order valence-corrected chi connectivity index (χ0v) is 23.1. The first-order chi connectivity index (χ1) is 18.2. The number of carbonyl (C=O) groups is 5. The SMILES string of the molecule is COC(=O)C[C@H]1C(C)(C)[C@H](OC(C)=O)[C@@H]2C=C3[C@@H]4CC(=O)O[C@@H](C5=CC(O)OC5=O)[C@]4(C)CC[C@@H]3[C@@]1(C)C2=O. The summed E-state index contributed by atoms with van der Waals surface area (Å²) in [7, 11) is 1.31. The molecule has 10 nitrogen and oxygen atoms in total. The number of rotatable bonds is 4. The van der Waals surface area contributed by atoms with Gasteiger partial charge < -0.3 is 24.1 Å². The number of ether oxygens (including phenoxy) is 4. The Balaban J connectivity index is 1.65. The molecule has 0 aromatic rings. The maximum Gasteiger partial charge on any atom is 0.340 e. The minimum Gasteiger partial charge on any atom is -0.469 e. The van der Waals surface area contributed by atoms with E-state index in [9.17, 15) is 29.1 Å². The van der Waals surface area contributed by atoms with Crippen molar-refractivity contribution in [3.8, 4) is 0 Å². The van der Waals surface area contributed by atoms with Gasteiger partial charge in [0.2, 0.25) is 6.29 Å². The predicted molar refractivity (Wildman–Crippen MR) is 133 cm³/mol. The van der Waals surface area contributed by atoms with Crippen molar-refractivity contribution in [1.82, 2.24) is 0 Å². The molecule has 0 spiro atoms. The molecular weight excluding hydrogens is 508 g/mol. The van der Waals surface area contributed by atoms with Gasteiger partial charge in [-0.15, -0.1) is 0 Å². The number of aliphatic hydroxyl groups excluding tert-OH is 1. The Bertz CT molecular complexity index is 1210. The van der Waals surface area contributed by atoms with Gasteiger partial charge in [0.05, 0.1) is 25.0 Å². The fourth-order valence-corrected chi connectivity index (χ4v) is 8.51. The summed E-state index contributed by atoms with van der Waals surface area (Å²) in [5, 5.41) is 9.89. The largest absolute Gasteiger partial charge is 0.469 e. The molecule has 5 aliphatic rings. The van der Waals surface area contributed by atoms with Crippen molar-refractivity contribution in [2.75, 3.05) is 7.11 Å². The number of fused-ring (bicyclic) bond motifs is 6. The smallest absolute Gasteiger partial charge is 0.340 e. The first kappa shape index (κ1) is 27.6. The van der Waals surface area contributed by atoms with Gasteiger partial charge in [-0.25, -0.2) is 4.79 Å². The number of carbonyl (C=O) groups excluding carboxylic acids is 5. The third-order valence-electron chi connectivity index (χ3n) is 10.4. The molecule has 39 heavy (non-hydrogen) atoms. The van der Waals surface area contributed by atoms with E-state index in [1.165, 1.54) is 20.1 Å². The number of ketones is 1. The Morgan fingerprint density at radius 2 is 1.77 bits per heavy atom. The molecular formula is C29H36O10. The van der Waals surface area contributed by atoms with Gasteiger partial charge >= 0.3 is 23.9 Å². The van der Waals surface area contributed by atoms with Crippen LogP contribution < -0.4 is 0 Å². The van der Waals surface area contributed by atoms with Crippen molar-refractivity contribution in [2.24, 2.45) is 39.9 Å². The average molecular weight is 545 g/mol. The lowest BCUT2D eigenvalue weighted by molar-refractivity contribution is -0.194. The Morgan fingerprint density at radius 3 is 2.36 bits per heavy atom. The van der Waals surface area contributed by atoms with E-state index in [0.717, 1.165) is 5.57 Å². The lowest BCUT2D eigenvalue weighted by Gasteiger charge is -2.63. The number of cyclic esters (lactones) is 2. The van der Waals surface area contributed by atoms with Crippen LogP contribution in [0.2, 0.25) is 0 Å². The normalized spacial score (nSPS) is 42.2. The third kappa shape index (κ3) is 3.89. The molecule has 1 saturated heterocycles. The van der Waals surface area contributed by atoms with E-state index < -0.39 is 70.5 Å². The molecule has 2 saturated carbocycles. The summed E-state index contributed by atoms with van der Waals surface area (Å²) < 4.78 is 21.4. The maximum atomic E-state index is 14.2. The fourth-order valence-electron chi connectivity index (χ4n) is 8.51. The van der Waals surface area contributed by atoms with Crippen LogP contribution in [0.4, 0.5) is 0 Å². The van der Waals surface area contributed by atoms with E-state index in [1.54, 1.807) is 0 Å². The number of methoxy groups -OCH3 is 1. The molecule has 2 bridgehead atoms. The van der Waals surface area contributed by atoms with Crippen LogP contribution in [0.5, 0.6) is 0 Å². The summed E-state index contributed by atoms with van der Waals surface area (Å²) in [4.78, 5) is 64.6. The zero-order chi connectivity index (χ0) is 28.7. The Kier molecular flexibility index (Phi) is 6.36. The molecule has 5 rings (SSSR count). The topological polar surface area (TPSA) is 142 Å². The van der Waals surface area contributed by atoms with Crippen molar-refractivity contribution < 1.29 is 48.0 Å². The van der Waals surface area contributed by atoms with E-state index in [4.69, 9.17) is 18.9 Å². The number of hydrogen-bond donors (Lipinski definition) is 1. The van der Waals surface area contributed by atoms with Gasteiger partial charge in [-0.3, -0.25) is 19.2 Å². The number of esters is 4. The summed E-state index contributed by atoms with van der Waals surface area (Å²) in [6, 6.07) is 0. The van der Waals surface area contributed by atoms with Crippen molar-refractivity contribution in [2.45, 2.75) is 78.8 Å². The summed E-state index contributed by atoms with van der Waals surface area (Å²) in [6.45, 7) is 9.00. The molecule has 3 aliphatic carbocycles. The number of aliphatic hydroxyl groups is 1. The van der Waals surface area contributed by atoms with Crippen LogP contribution in [-0.4, -0.2) is 60.4 Å². The van der Waals surface area contributed by atoms with Gasteiger partial charge in [-0.1, -0.05) is 39.3 Å². The maximum absolute atomic E-state index is 14.2. The first-order valence-corrected chi connectivity index (χ1v) is 13.5. The van der Waals surface area contributed by atoms with E-state index in [2.05, 4.69) is 0 Å². The second kappa shape index (κ2) is 9.01. The van der Waals surface area contributed by atoms with Crippen molar-refractivity contribution >= 4 is 29.7 Å². The quantitative estimate of drug-likeness (QED) is 0.318. The van der Waals surface area contributed by atoms with Crippen LogP contribution in [0.1, 0.15) is 60.3 Å². The highest BCUT2D eigenvalue weighted by Gasteiger charge is 2.69. The van der Waals surface area contributed by atoms with Gasteiger partial charge in [-0.2, -0.15) is 0 Å². The highest BCUT2D eigenvalue weighted by atomic mass is 16.6. The van der Waals surface area contributed by atoms with Crippen molar-refractivity contribution in [1.29, 1.82) is 0 Å². The molecule has 1 unspecified atom stereocenters. The molecule has 1 N–H and O–H groups in total. The predicted octanol–water partition coefficient (Wildman–Crippen LogP) is 2.42. The monoisotopic (exact) mass is 544 g/mol. The molecule has 9 atom stereocenters. The minimum absolute atomic E-state index is 0.0246. The third-order valence-corrected chi connectivity index (χ3v) is 10.4.